The van der Waals surface area contributed by atoms with Crippen LogP contribution >= 0.6 is 11.6 Å². The normalized spacial score (nSPS) is 13.4. The molecule has 1 aromatic rings. The Labute approximate surface area is 99.4 Å². The van der Waals surface area contributed by atoms with E-state index in [1.165, 1.54) is 0 Å². The molecule has 1 aliphatic rings. The summed E-state index contributed by atoms with van der Waals surface area (Å²) in [6.45, 7) is 0.265. The molecule has 0 amide bonds. The van der Waals surface area contributed by atoms with Crippen LogP contribution < -0.4 is 9.47 Å². The van der Waals surface area contributed by atoms with Gasteiger partial charge in [0.2, 0.25) is 6.79 Å². The molecule has 0 saturated carbocycles. The molecule has 1 aliphatic heterocycles. The zero-order chi connectivity index (χ0) is 11.5. The summed E-state index contributed by atoms with van der Waals surface area (Å²) in [4.78, 5) is 0. The standard InChI is InChI=1S/C11H13ClN2O2/c1-14(2)13-4-3-8-5-10-11(6-9(8)12)16-7-15-10/h4-6H,3,7H2,1-2H3/b13-4+. The molecule has 1 heterocycles. The highest BCUT2D eigenvalue weighted by molar-refractivity contribution is 6.31. The van der Waals surface area contributed by atoms with Gasteiger partial charge in [-0.2, -0.15) is 5.10 Å². The minimum Gasteiger partial charge on any atom is -0.454 e. The largest absolute Gasteiger partial charge is 0.454 e. The minimum atomic E-state index is 0.265. The van der Waals surface area contributed by atoms with Gasteiger partial charge in [0.05, 0.1) is 0 Å². The van der Waals surface area contributed by atoms with Crippen molar-refractivity contribution in [3.63, 3.8) is 0 Å². The van der Waals surface area contributed by atoms with E-state index in [1.54, 1.807) is 11.1 Å². The Morgan fingerprint density at radius 2 is 2.06 bits per heavy atom. The monoisotopic (exact) mass is 240 g/mol. The van der Waals surface area contributed by atoms with Crippen LogP contribution in [-0.2, 0) is 6.42 Å². The lowest BCUT2D eigenvalue weighted by atomic mass is 10.1. The first-order valence-corrected chi connectivity index (χ1v) is 5.32. The van der Waals surface area contributed by atoms with E-state index in [-0.39, 0.29) is 6.79 Å². The highest BCUT2D eigenvalue weighted by Crippen LogP contribution is 2.36. The second-order valence-electron chi connectivity index (χ2n) is 3.65. The fourth-order valence-electron chi connectivity index (χ4n) is 1.42. The van der Waals surface area contributed by atoms with Crippen LogP contribution in [0, 0.1) is 0 Å². The molecule has 0 unspecified atom stereocenters. The van der Waals surface area contributed by atoms with Crippen LogP contribution in [-0.4, -0.2) is 32.1 Å². The van der Waals surface area contributed by atoms with Crippen LogP contribution in [0.3, 0.4) is 0 Å². The van der Waals surface area contributed by atoms with Crippen molar-refractivity contribution in [1.82, 2.24) is 5.01 Å². The number of nitrogens with zero attached hydrogens (tertiary/aromatic N) is 2. The first-order chi connectivity index (χ1) is 7.66. The molecule has 2 rings (SSSR count). The molecule has 0 fully saturated rings. The first kappa shape index (κ1) is 11.1. The van der Waals surface area contributed by atoms with Crippen LogP contribution in [0.5, 0.6) is 11.5 Å². The van der Waals surface area contributed by atoms with E-state index in [0.717, 1.165) is 11.3 Å². The SMILES string of the molecule is CN(C)/N=C/Cc1cc2c(cc1Cl)OCO2. The molecule has 86 valence electrons. The van der Waals surface area contributed by atoms with Crippen molar-refractivity contribution in [3.8, 4) is 11.5 Å². The minimum absolute atomic E-state index is 0.265. The molecule has 4 nitrogen and oxygen atoms in total. The molecule has 0 spiro atoms. The summed E-state index contributed by atoms with van der Waals surface area (Å²) in [6, 6.07) is 3.68. The summed E-state index contributed by atoms with van der Waals surface area (Å²) in [5.74, 6) is 1.45. The summed E-state index contributed by atoms with van der Waals surface area (Å²) in [6.07, 6.45) is 2.48. The Hall–Kier alpha value is -1.42. The molecule has 5 heteroatoms. The lowest BCUT2D eigenvalue weighted by Gasteiger charge is -2.05. The summed E-state index contributed by atoms with van der Waals surface area (Å²) in [5, 5.41) is 6.54. The van der Waals surface area contributed by atoms with Gasteiger partial charge < -0.3 is 14.5 Å². The average Bonchev–Trinajstić information content (AvgIpc) is 2.64. The number of halogens is 1. The Bertz CT molecular complexity index is 419. The number of fused-ring (bicyclic) bond motifs is 1. The van der Waals surface area contributed by atoms with Crippen molar-refractivity contribution in [3.05, 3.63) is 22.7 Å². The molecule has 0 N–H and O–H groups in total. The smallest absolute Gasteiger partial charge is 0.231 e. The molecule has 0 aliphatic carbocycles. The zero-order valence-electron chi connectivity index (χ0n) is 9.24. The van der Waals surface area contributed by atoms with E-state index in [9.17, 15) is 0 Å². The molecular formula is C11H13ClN2O2. The van der Waals surface area contributed by atoms with Crippen LogP contribution in [0.15, 0.2) is 17.2 Å². The van der Waals surface area contributed by atoms with Crippen LogP contribution in [0.4, 0.5) is 0 Å². The summed E-state index contributed by atoms with van der Waals surface area (Å²) < 4.78 is 10.5. The fourth-order valence-corrected chi connectivity index (χ4v) is 1.65. The maximum Gasteiger partial charge on any atom is 0.231 e. The Morgan fingerprint density at radius 3 is 2.75 bits per heavy atom. The molecule has 1 aromatic carbocycles. The van der Waals surface area contributed by atoms with Gasteiger partial charge in [0, 0.05) is 37.8 Å². The second kappa shape index (κ2) is 4.61. The van der Waals surface area contributed by atoms with Crippen molar-refractivity contribution in [1.29, 1.82) is 0 Å². The molecule has 0 atom stereocenters. The summed E-state index contributed by atoms with van der Waals surface area (Å²) in [7, 11) is 3.75. The third kappa shape index (κ3) is 2.39. The Kier molecular flexibility index (Phi) is 3.19. The van der Waals surface area contributed by atoms with Crippen molar-refractivity contribution in [2.75, 3.05) is 20.9 Å². The number of benzene rings is 1. The predicted molar refractivity (Wildman–Crippen MR) is 63.5 cm³/mol. The average molecular weight is 241 g/mol. The van der Waals surface area contributed by atoms with Gasteiger partial charge in [-0.25, -0.2) is 0 Å². The van der Waals surface area contributed by atoms with Crippen LogP contribution in [0.1, 0.15) is 5.56 Å². The number of hydrogen-bond donors (Lipinski definition) is 0. The van der Waals surface area contributed by atoms with Crippen molar-refractivity contribution >= 4 is 17.8 Å². The highest BCUT2D eigenvalue weighted by atomic mass is 35.5. The lowest BCUT2D eigenvalue weighted by Crippen LogP contribution is -2.02. The number of rotatable bonds is 3. The van der Waals surface area contributed by atoms with Gasteiger partial charge in [-0.05, 0) is 11.6 Å². The van der Waals surface area contributed by atoms with Gasteiger partial charge in [0.1, 0.15) is 0 Å². The molecular weight excluding hydrogens is 228 g/mol. The Balaban J connectivity index is 2.15. The van der Waals surface area contributed by atoms with Gasteiger partial charge in [0.25, 0.3) is 0 Å². The van der Waals surface area contributed by atoms with Gasteiger partial charge >= 0.3 is 0 Å². The first-order valence-electron chi connectivity index (χ1n) is 4.94. The summed E-state index contributed by atoms with van der Waals surface area (Å²) in [5.41, 5.74) is 0.983. The maximum absolute atomic E-state index is 6.11. The number of ether oxygens (including phenoxy) is 2. The Morgan fingerprint density at radius 1 is 1.38 bits per heavy atom. The predicted octanol–water partition coefficient (Wildman–Crippen LogP) is 2.16. The van der Waals surface area contributed by atoms with Gasteiger partial charge in [-0.3, -0.25) is 0 Å². The topological polar surface area (TPSA) is 34.1 Å². The third-order valence-electron chi connectivity index (χ3n) is 2.17. The van der Waals surface area contributed by atoms with E-state index in [4.69, 9.17) is 21.1 Å². The van der Waals surface area contributed by atoms with Gasteiger partial charge in [-0.1, -0.05) is 11.6 Å². The van der Waals surface area contributed by atoms with E-state index in [0.29, 0.717) is 17.2 Å². The van der Waals surface area contributed by atoms with E-state index < -0.39 is 0 Å². The molecule has 0 bridgehead atoms. The van der Waals surface area contributed by atoms with Gasteiger partial charge in [-0.15, -0.1) is 0 Å². The second-order valence-corrected chi connectivity index (χ2v) is 4.05. The molecule has 0 aromatic heterocycles. The lowest BCUT2D eigenvalue weighted by molar-refractivity contribution is 0.174. The fraction of sp³-hybridized carbons (Fsp3) is 0.364. The van der Waals surface area contributed by atoms with Crippen molar-refractivity contribution in [2.45, 2.75) is 6.42 Å². The van der Waals surface area contributed by atoms with Crippen LogP contribution in [0.25, 0.3) is 0 Å². The van der Waals surface area contributed by atoms with Crippen LogP contribution in [0.2, 0.25) is 5.02 Å². The molecule has 16 heavy (non-hydrogen) atoms. The van der Waals surface area contributed by atoms with Crippen molar-refractivity contribution in [2.24, 2.45) is 5.10 Å². The van der Waals surface area contributed by atoms with E-state index in [2.05, 4.69) is 5.10 Å². The summed E-state index contributed by atoms with van der Waals surface area (Å²) >= 11 is 6.11. The maximum atomic E-state index is 6.11. The quantitative estimate of drug-likeness (QED) is 0.600. The van der Waals surface area contributed by atoms with Crippen molar-refractivity contribution < 1.29 is 9.47 Å². The third-order valence-corrected chi connectivity index (χ3v) is 2.52. The molecule has 0 radical (unpaired) electrons. The van der Waals surface area contributed by atoms with Gasteiger partial charge in [0.15, 0.2) is 11.5 Å². The van der Waals surface area contributed by atoms with E-state index in [1.807, 2.05) is 26.4 Å². The number of hydrogen-bond acceptors (Lipinski definition) is 4. The van der Waals surface area contributed by atoms with E-state index >= 15 is 0 Å². The number of hydrazone groups is 1. The highest BCUT2D eigenvalue weighted by Gasteiger charge is 2.15. The zero-order valence-corrected chi connectivity index (χ0v) is 9.99. The molecule has 0 saturated heterocycles.